The molecule has 114 valence electrons. The Morgan fingerprint density at radius 1 is 0.909 bits per heavy atom. The fourth-order valence-electron chi connectivity index (χ4n) is 3.30. The largest absolute Gasteiger partial charge is 0.346 e. The summed E-state index contributed by atoms with van der Waals surface area (Å²) in [4.78, 5) is 4.75. The van der Waals surface area contributed by atoms with Gasteiger partial charge in [0.25, 0.3) is 0 Å². The van der Waals surface area contributed by atoms with Crippen LogP contribution in [-0.4, -0.2) is 17.4 Å². The summed E-state index contributed by atoms with van der Waals surface area (Å²) in [6, 6.07) is 21.2. The van der Waals surface area contributed by atoms with Gasteiger partial charge in [-0.3, -0.25) is 4.99 Å². The molecule has 1 saturated heterocycles. The minimum atomic E-state index is -0.433. The summed E-state index contributed by atoms with van der Waals surface area (Å²) < 4.78 is 6.40. The van der Waals surface area contributed by atoms with Crippen LogP contribution in [0.4, 0.5) is 0 Å². The van der Waals surface area contributed by atoms with Gasteiger partial charge in [0.2, 0.25) is 0 Å². The smallest absolute Gasteiger partial charge is 0.153 e. The molecule has 3 rings (SSSR count). The number of nitrogens with zero attached hydrogens (tertiary/aromatic N) is 1. The minimum absolute atomic E-state index is 0.269. The molecule has 1 unspecified atom stereocenters. The van der Waals surface area contributed by atoms with Crippen molar-refractivity contribution in [3.05, 3.63) is 71.8 Å². The molecule has 2 aromatic carbocycles. The van der Waals surface area contributed by atoms with E-state index in [1.54, 1.807) is 0 Å². The van der Waals surface area contributed by atoms with Crippen molar-refractivity contribution in [2.75, 3.05) is 0 Å². The first-order valence-corrected chi connectivity index (χ1v) is 7.87. The van der Waals surface area contributed by atoms with E-state index in [1.807, 2.05) is 12.1 Å². The van der Waals surface area contributed by atoms with E-state index in [0.717, 1.165) is 5.71 Å². The van der Waals surface area contributed by atoms with Crippen LogP contribution >= 0.6 is 0 Å². The highest BCUT2D eigenvalue weighted by Gasteiger charge is 2.70. The van der Waals surface area contributed by atoms with Gasteiger partial charge < -0.3 is 4.74 Å². The molecule has 0 radical (unpaired) electrons. The molecule has 0 N–H and O–H groups in total. The fraction of sp³-hybridized carbons (Fsp3) is 0.350. The molecular weight excluding hydrogens is 270 g/mol. The summed E-state index contributed by atoms with van der Waals surface area (Å²) in [5, 5.41) is 0. The minimum Gasteiger partial charge on any atom is -0.346 e. The zero-order valence-electron chi connectivity index (χ0n) is 13.7. The predicted molar refractivity (Wildman–Crippen MR) is 91.4 cm³/mol. The lowest BCUT2D eigenvalue weighted by Crippen LogP contribution is -2.30. The third-order valence-corrected chi connectivity index (χ3v) is 4.49. The lowest BCUT2D eigenvalue weighted by Gasteiger charge is -2.19. The summed E-state index contributed by atoms with van der Waals surface area (Å²) in [6.07, 6.45) is 0. The Labute approximate surface area is 132 Å². The van der Waals surface area contributed by atoms with Crippen molar-refractivity contribution in [1.29, 1.82) is 0 Å². The van der Waals surface area contributed by atoms with Crippen molar-refractivity contribution in [3.8, 4) is 0 Å². The highest BCUT2D eigenvalue weighted by molar-refractivity contribution is 5.95. The van der Waals surface area contributed by atoms with Gasteiger partial charge in [-0.25, -0.2) is 0 Å². The van der Waals surface area contributed by atoms with Crippen LogP contribution in [0.2, 0.25) is 0 Å². The van der Waals surface area contributed by atoms with Crippen molar-refractivity contribution in [1.82, 2.24) is 0 Å². The normalized spacial score (nSPS) is 23.6. The Balaban J connectivity index is 2.13. The van der Waals surface area contributed by atoms with Crippen molar-refractivity contribution in [3.63, 3.8) is 0 Å². The van der Waals surface area contributed by atoms with Crippen molar-refractivity contribution in [2.24, 2.45) is 4.99 Å². The second-order valence-corrected chi connectivity index (χ2v) is 6.36. The molecule has 1 aliphatic heterocycles. The fourth-order valence-corrected chi connectivity index (χ4v) is 3.30. The predicted octanol–water partition coefficient (Wildman–Crippen LogP) is 4.59. The molecule has 1 fully saturated rings. The highest BCUT2D eigenvalue weighted by atomic mass is 16.6. The first-order chi connectivity index (χ1) is 10.5. The Kier molecular flexibility index (Phi) is 3.65. The number of aliphatic imine (C=N–C) groups is 1. The van der Waals surface area contributed by atoms with E-state index in [1.165, 1.54) is 11.1 Å². The SMILES string of the molecule is CC(=NC(C)C)C1(C)OC1(c1ccccc1)c1ccccc1. The van der Waals surface area contributed by atoms with Gasteiger partial charge in [-0.1, -0.05) is 60.7 Å². The summed E-state index contributed by atoms with van der Waals surface area (Å²) in [6.45, 7) is 8.42. The van der Waals surface area contributed by atoms with Gasteiger partial charge in [0.15, 0.2) is 5.60 Å². The average Bonchev–Trinajstić information content (AvgIpc) is 3.18. The molecule has 0 amide bonds. The van der Waals surface area contributed by atoms with Gasteiger partial charge in [-0.2, -0.15) is 0 Å². The third-order valence-electron chi connectivity index (χ3n) is 4.49. The molecule has 2 heteroatoms. The first kappa shape index (κ1) is 15.0. The van der Waals surface area contributed by atoms with Crippen LogP contribution < -0.4 is 0 Å². The number of benzene rings is 2. The number of hydrogen-bond donors (Lipinski definition) is 0. The number of ether oxygens (including phenoxy) is 1. The number of rotatable bonds is 4. The van der Waals surface area contributed by atoms with E-state index in [-0.39, 0.29) is 11.6 Å². The van der Waals surface area contributed by atoms with Gasteiger partial charge in [-0.05, 0) is 38.8 Å². The monoisotopic (exact) mass is 293 g/mol. The first-order valence-electron chi connectivity index (χ1n) is 7.87. The van der Waals surface area contributed by atoms with Gasteiger partial charge in [-0.15, -0.1) is 0 Å². The van der Waals surface area contributed by atoms with Crippen LogP contribution in [0.1, 0.15) is 38.8 Å². The van der Waals surface area contributed by atoms with Crippen molar-refractivity contribution >= 4 is 5.71 Å². The van der Waals surface area contributed by atoms with Crippen LogP contribution in [0.3, 0.4) is 0 Å². The third kappa shape index (κ3) is 2.19. The Morgan fingerprint density at radius 2 is 1.36 bits per heavy atom. The molecule has 0 spiro atoms. The lowest BCUT2D eigenvalue weighted by atomic mass is 9.79. The number of epoxide rings is 1. The summed E-state index contributed by atoms with van der Waals surface area (Å²) in [5.41, 5.74) is 2.59. The zero-order chi connectivity index (χ0) is 15.8. The van der Waals surface area contributed by atoms with Crippen LogP contribution in [0.5, 0.6) is 0 Å². The zero-order valence-corrected chi connectivity index (χ0v) is 13.7. The van der Waals surface area contributed by atoms with E-state index in [2.05, 4.69) is 76.2 Å². The highest BCUT2D eigenvalue weighted by Crippen LogP contribution is 2.60. The summed E-state index contributed by atoms with van der Waals surface area (Å²) in [7, 11) is 0. The van der Waals surface area contributed by atoms with Crippen LogP contribution in [0.15, 0.2) is 65.7 Å². The number of hydrogen-bond acceptors (Lipinski definition) is 2. The van der Waals surface area contributed by atoms with Gasteiger partial charge in [0.1, 0.15) is 5.60 Å². The molecule has 0 saturated carbocycles. The van der Waals surface area contributed by atoms with E-state index in [0.29, 0.717) is 0 Å². The van der Waals surface area contributed by atoms with E-state index in [4.69, 9.17) is 9.73 Å². The molecule has 2 aromatic rings. The van der Waals surface area contributed by atoms with Crippen LogP contribution in [0.25, 0.3) is 0 Å². The molecule has 22 heavy (non-hydrogen) atoms. The summed E-state index contributed by atoms with van der Waals surface area (Å²) >= 11 is 0. The maximum Gasteiger partial charge on any atom is 0.153 e. The van der Waals surface area contributed by atoms with Crippen LogP contribution in [-0.2, 0) is 10.3 Å². The molecule has 1 aliphatic rings. The summed E-state index contributed by atoms with van der Waals surface area (Å²) in [5.74, 6) is 0. The average molecular weight is 293 g/mol. The molecule has 0 bridgehead atoms. The molecular formula is C20H23NO. The Morgan fingerprint density at radius 3 is 1.77 bits per heavy atom. The standard InChI is InChI=1S/C20H23NO/c1-15(2)21-16(3)19(4)20(22-19,17-11-7-5-8-12-17)18-13-9-6-10-14-18/h5-15H,1-4H3. The Hall–Kier alpha value is -1.93. The van der Waals surface area contributed by atoms with Gasteiger partial charge in [0, 0.05) is 11.8 Å². The van der Waals surface area contributed by atoms with Gasteiger partial charge >= 0.3 is 0 Å². The molecule has 1 heterocycles. The van der Waals surface area contributed by atoms with Crippen molar-refractivity contribution < 1.29 is 4.74 Å². The maximum absolute atomic E-state index is 6.40. The van der Waals surface area contributed by atoms with Crippen LogP contribution in [0, 0.1) is 0 Å². The van der Waals surface area contributed by atoms with Gasteiger partial charge in [0.05, 0.1) is 0 Å². The topological polar surface area (TPSA) is 24.9 Å². The quantitative estimate of drug-likeness (QED) is 0.598. The molecule has 0 aromatic heterocycles. The molecule has 0 aliphatic carbocycles. The van der Waals surface area contributed by atoms with E-state index in [9.17, 15) is 0 Å². The van der Waals surface area contributed by atoms with Crippen molar-refractivity contribution in [2.45, 2.75) is 44.9 Å². The second-order valence-electron chi connectivity index (χ2n) is 6.36. The Bertz CT molecular complexity index is 636. The maximum atomic E-state index is 6.40. The molecule has 1 atom stereocenters. The second kappa shape index (κ2) is 5.36. The molecule has 2 nitrogen and oxygen atoms in total. The lowest BCUT2D eigenvalue weighted by molar-refractivity contribution is 0.316. The van der Waals surface area contributed by atoms with E-state index >= 15 is 0 Å². The van der Waals surface area contributed by atoms with E-state index < -0.39 is 5.60 Å².